The third-order valence-electron chi connectivity index (χ3n) is 2.75. The molecule has 2 rings (SSSR count). The largest absolute Gasteiger partial charge is 0.388 e. The summed E-state index contributed by atoms with van der Waals surface area (Å²) in [6, 6.07) is 1.58. The zero-order valence-corrected chi connectivity index (χ0v) is 10.6. The van der Waals surface area contributed by atoms with Crippen molar-refractivity contribution in [3.05, 3.63) is 16.4 Å². The predicted molar refractivity (Wildman–Crippen MR) is 65.5 cm³/mol. The minimum absolute atomic E-state index is 0.241. The summed E-state index contributed by atoms with van der Waals surface area (Å²) in [6.07, 6.45) is 1.20. The molecule has 2 N–H and O–H groups in total. The van der Waals surface area contributed by atoms with Crippen LogP contribution in [0.1, 0.15) is 12.8 Å². The van der Waals surface area contributed by atoms with Gasteiger partial charge >= 0.3 is 0 Å². The Hall–Kier alpha value is -0.620. The maximum Gasteiger partial charge on any atom is 0.174 e. The average Bonchev–Trinajstić information content (AvgIpc) is 2.31. The van der Waals surface area contributed by atoms with E-state index in [-0.39, 0.29) is 10.3 Å². The van der Waals surface area contributed by atoms with E-state index in [1.807, 2.05) is 0 Å². The van der Waals surface area contributed by atoms with Crippen LogP contribution < -0.4 is 5.32 Å². The fraction of sp³-hybridized carbons (Fsp3) is 0.600. The van der Waals surface area contributed by atoms with Gasteiger partial charge in [0.15, 0.2) is 10.3 Å². The van der Waals surface area contributed by atoms with E-state index >= 15 is 0 Å². The van der Waals surface area contributed by atoms with E-state index in [1.165, 1.54) is 0 Å². The molecule has 94 valence electrons. The Morgan fingerprint density at radius 1 is 1.35 bits per heavy atom. The molecule has 0 amide bonds. The van der Waals surface area contributed by atoms with Crippen molar-refractivity contribution in [2.45, 2.75) is 18.4 Å². The molecule has 0 spiro atoms. The van der Waals surface area contributed by atoms with Crippen molar-refractivity contribution < 1.29 is 9.84 Å². The van der Waals surface area contributed by atoms with Gasteiger partial charge in [0, 0.05) is 38.7 Å². The lowest BCUT2D eigenvalue weighted by atomic mass is 9.94. The summed E-state index contributed by atoms with van der Waals surface area (Å²) in [4.78, 5) is 0. The Labute approximate surface area is 109 Å². The molecular weight excluding hydrogens is 265 g/mol. The Balaban J connectivity index is 1.99. The third kappa shape index (κ3) is 3.42. The minimum Gasteiger partial charge on any atom is -0.388 e. The topological polar surface area (TPSA) is 67.3 Å². The van der Waals surface area contributed by atoms with Gasteiger partial charge in [-0.3, -0.25) is 0 Å². The maximum absolute atomic E-state index is 10.2. The highest BCUT2D eigenvalue weighted by molar-refractivity contribution is 6.33. The second-order valence-electron chi connectivity index (χ2n) is 4.06. The van der Waals surface area contributed by atoms with Crippen molar-refractivity contribution in [2.75, 3.05) is 25.1 Å². The maximum atomic E-state index is 10.2. The van der Waals surface area contributed by atoms with E-state index < -0.39 is 5.60 Å². The molecule has 0 bridgehead atoms. The smallest absolute Gasteiger partial charge is 0.174 e. The lowest BCUT2D eigenvalue weighted by molar-refractivity contribution is -0.0543. The van der Waals surface area contributed by atoms with Crippen LogP contribution in [0.2, 0.25) is 10.3 Å². The highest BCUT2D eigenvalue weighted by Crippen LogP contribution is 2.24. The van der Waals surface area contributed by atoms with Crippen LogP contribution in [0.15, 0.2) is 6.07 Å². The summed E-state index contributed by atoms with van der Waals surface area (Å²) in [5.41, 5.74) is -0.191. The molecular formula is C10H13Cl2N3O2. The molecule has 0 radical (unpaired) electrons. The molecule has 0 atom stereocenters. The third-order valence-corrected chi connectivity index (χ3v) is 3.21. The van der Waals surface area contributed by atoms with Crippen molar-refractivity contribution in [2.24, 2.45) is 0 Å². The first-order chi connectivity index (χ1) is 8.09. The summed E-state index contributed by atoms with van der Waals surface area (Å²) in [5, 5.41) is 21.1. The first-order valence-electron chi connectivity index (χ1n) is 5.32. The molecule has 1 aliphatic rings. The van der Waals surface area contributed by atoms with E-state index in [0.717, 1.165) is 0 Å². The van der Waals surface area contributed by atoms with Crippen molar-refractivity contribution >= 4 is 28.9 Å². The quantitative estimate of drug-likeness (QED) is 0.881. The van der Waals surface area contributed by atoms with Crippen LogP contribution in [-0.4, -0.2) is 40.7 Å². The van der Waals surface area contributed by atoms with Gasteiger partial charge in [0.1, 0.15) is 0 Å². The van der Waals surface area contributed by atoms with Crippen LogP contribution in [0.25, 0.3) is 0 Å². The van der Waals surface area contributed by atoms with Gasteiger partial charge < -0.3 is 15.2 Å². The zero-order valence-electron chi connectivity index (χ0n) is 9.12. The molecule has 1 aromatic rings. The molecule has 2 heterocycles. The van der Waals surface area contributed by atoms with Gasteiger partial charge in [0.2, 0.25) is 0 Å². The van der Waals surface area contributed by atoms with E-state index in [4.69, 9.17) is 27.9 Å². The Morgan fingerprint density at radius 3 is 2.76 bits per heavy atom. The van der Waals surface area contributed by atoms with E-state index in [9.17, 15) is 5.11 Å². The summed E-state index contributed by atoms with van der Waals surface area (Å²) in [5.74, 6) is 0. The number of halogens is 2. The van der Waals surface area contributed by atoms with Gasteiger partial charge in [-0.1, -0.05) is 23.2 Å². The second kappa shape index (κ2) is 5.35. The van der Waals surface area contributed by atoms with Crippen LogP contribution in [0.4, 0.5) is 5.69 Å². The fourth-order valence-corrected chi connectivity index (χ4v) is 1.97. The number of anilines is 1. The highest BCUT2D eigenvalue weighted by atomic mass is 35.5. The van der Waals surface area contributed by atoms with E-state index in [0.29, 0.717) is 38.3 Å². The number of hydrogen-bond donors (Lipinski definition) is 2. The average molecular weight is 278 g/mol. The molecule has 0 aromatic carbocycles. The van der Waals surface area contributed by atoms with Crippen LogP contribution in [0, 0.1) is 0 Å². The molecule has 1 fully saturated rings. The van der Waals surface area contributed by atoms with Crippen LogP contribution in [0.3, 0.4) is 0 Å². The zero-order chi connectivity index (χ0) is 12.3. The Bertz CT molecular complexity index is 397. The van der Waals surface area contributed by atoms with Crippen molar-refractivity contribution in [3.63, 3.8) is 0 Å². The summed E-state index contributed by atoms with van der Waals surface area (Å²) < 4.78 is 5.20. The number of aromatic nitrogens is 2. The van der Waals surface area contributed by atoms with Gasteiger partial charge in [0.05, 0.1) is 11.3 Å². The van der Waals surface area contributed by atoms with Crippen LogP contribution >= 0.6 is 23.2 Å². The number of hydrogen-bond acceptors (Lipinski definition) is 5. The predicted octanol–water partition coefficient (Wildman–Crippen LogP) is 1.74. The van der Waals surface area contributed by atoms with Crippen molar-refractivity contribution in [3.8, 4) is 0 Å². The molecule has 5 nitrogen and oxygen atoms in total. The van der Waals surface area contributed by atoms with Gasteiger partial charge in [-0.25, -0.2) is 0 Å². The molecule has 7 heteroatoms. The fourth-order valence-electron chi connectivity index (χ4n) is 1.66. The summed E-state index contributed by atoms with van der Waals surface area (Å²) in [6.45, 7) is 1.53. The SMILES string of the molecule is OC1(CNc2cc(Cl)nnc2Cl)CCOCC1. The molecule has 1 aliphatic heterocycles. The molecule has 0 saturated carbocycles. The minimum atomic E-state index is -0.767. The summed E-state index contributed by atoms with van der Waals surface area (Å²) in [7, 11) is 0. The van der Waals surface area contributed by atoms with Crippen molar-refractivity contribution in [1.29, 1.82) is 0 Å². The normalized spacial score (nSPS) is 19.0. The van der Waals surface area contributed by atoms with Gasteiger partial charge in [-0.05, 0) is 0 Å². The number of rotatable bonds is 3. The Kier molecular flexibility index (Phi) is 4.04. The van der Waals surface area contributed by atoms with E-state index in [2.05, 4.69) is 15.5 Å². The van der Waals surface area contributed by atoms with Crippen LogP contribution in [-0.2, 0) is 4.74 Å². The first-order valence-corrected chi connectivity index (χ1v) is 6.07. The van der Waals surface area contributed by atoms with Crippen LogP contribution in [0.5, 0.6) is 0 Å². The molecule has 1 aromatic heterocycles. The van der Waals surface area contributed by atoms with Gasteiger partial charge in [-0.15, -0.1) is 10.2 Å². The number of nitrogens with zero attached hydrogens (tertiary/aromatic N) is 2. The molecule has 1 saturated heterocycles. The molecule has 0 aliphatic carbocycles. The van der Waals surface area contributed by atoms with Crippen molar-refractivity contribution in [1.82, 2.24) is 10.2 Å². The standard InChI is InChI=1S/C10H13Cl2N3O2/c11-8-5-7(9(12)15-14-8)13-6-10(16)1-3-17-4-2-10/h5,16H,1-4,6H2,(H,13,14). The highest BCUT2D eigenvalue weighted by Gasteiger charge is 2.29. The summed E-state index contributed by atoms with van der Waals surface area (Å²) >= 11 is 11.6. The first kappa shape index (κ1) is 12.8. The second-order valence-corrected chi connectivity index (χ2v) is 4.81. The lowest BCUT2D eigenvalue weighted by Crippen LogP contribution is -2.42. The van der Waals surface area contributed by atoms with E-state index in [1.54, 1.807) is 6.07 Å². The Morgan fingerprint density at radius 2 is 2.06 bits per heavy atom. The van der Waals surface area contributed by atoms with Gasteiger partial charge in [0.25, 0.3) is 0 Å². The monoisotopic (exact) mass is 277 g/mol. The van der Waals surface area contributed by atoms with Gasteiger partial charge in [-0.2, -0.15) is 0 Å². The number of ether oxygens (including phenoxy) is 1. The number of aliphatic hydroxyl groups is 1. The number of nitrogens with one attached hydrogen (secondary N) is 1. The molecule has 0 unspecified atom stereocenters. The molecule has 17 heavy (non-hydrogen) atoms. The lowest BCUT2D eigenvalue weighted by Gasteiger charge is -2.32.